The summed E-state index contributed by atoms with van der Waals surface area (Å²) >= 11 is 0. The number of amides is 2. The van der Waals surface area contributed by atoms with E-state index in [0.29, 0.717) is 11.3 Å². The van der Waals surface area contributed by atoms with Gasteiger partial charge in [0.05, 0.1) is 6.04 Å². The van der Waals surface area contributed by atoms with E-state index in [4.69, 9.17) is 0 Å². The third-order valence-corrected chi connectivity index (χ3v) is 5.09. The molecule has 0 aliphatic carbocycles. The molecular formula is C24H34ClN3O2. The average molecular weight is 432 g/mol. The van der Waals surface area contributed by atoms with Gasteiger partial charge in [-0.1, -0.05) is 44.2 Å². The Morgan fingerprint density at radius 3 is 2.13 bits per heavy atom. The first kappa shape index (κ1) is 25.7. The van der Waals surface area contributed by atoms with Gasteiger partial charge >= 0.3 is 0 Å². The van der Waals surface area contributed by atoms with Gasteiger partial charge in [0.1, 0.15) is 0 Å². The van der Waals surface area contributed by atoms with Crippen molar-refractivity contribution in [3.63, 3.8) is 0 Å². The van der Waals surface area contributed by atoms with E-state index in [1.165, 1.54) is 6.92 Å². The van der Waals surface area contributed by atoms with Crippen LogP contribution in [0.5, 0.6) is 0 Å². The van der Waals surface area contributed by atoms with Crippen molar-refractivity contribution in [2.24, 2.45) is 0 Å². The van der Waals surface area contributed by atoms with Crippen molar-refractivity contribution < 1.29 is 9.59 Å². The van der Waals surface area contributed by atoms with Crippen molar-refractivity contribution in [2.75, 3.05) is 25.0 Å². The standard InChI is InChI=1S/C24H33N3O2.ClH/c1-4-27(5-2)18-10-9-13-23(20-11-7-6-8-12-20)26-24(29)21-14-16-22(17-15-21)25-19(3)28;/h6-8,11-12,14-17,23H,4-5,9-10,13,18H2,1-3H3,(H,25,28)(H,26,29);1H. The maximum Gasteiger partial charge on any atom is 0.251 e. The van der Waals surface area contributed by atoms with E-state index >= 15 is 0 Å². The fourth-order valence-electron chi connectivity index (χ4n) is 3.38. The van der Waals surface area contributed by atoms with Gasteiger partial charge in [-0.25, -0.2) is 0 Å². The topological polar surface area (TPSA) is 61.4 Å². The number of hydrogen-bond donors (Lipinski definition) is 2. The van der Waals surface area contributed by atoms with Gasteiger partial charge in [0, 0.05) is 18.2 Å². The van der Waals surface area contributed by atoms with Gasteiger partial charge in [0.25, 0.3) is 5.91 Å². The summed E-state index contributed by atoms with van der Waals surface area (Å²) in [4.78, 5) is 26.4. The van der Waals surface area contributed by atoms with Crippen LogP contribution >= 0.6 is 12.4 Å². The summed E-state index contributed by atoms with van der Waals surface area (Å²) in [7, 11) is 0. The molecule has 0 bridgehead atoms. The lowest BCUT2D eigenvalue weighted by molar-refractivity contribution is -0.114. The lowest BCUT2D eigenvalue weighted by atomic mass is 10.00. The minimum atomic E-state index is -0.129. The molecule has 164 valence electrons. The molecule has 0 aromatic heterocycles. The van der Waals surface area contributed by atoms with E-state index in [0.717, 1.165) is 44.5 Å². The molecule has 2 aromatic rings. The van der Waals surface area contributed by atoms with Crippen molar-refractivity contribution in [2.45, 2.75) is 46.1 Å². The monoisotopic (exact) mass is 431 g/mol. The highest BCUT2D eigenvalue weighted by Crippen LogP contribution is 2.20. The first-order valence-corrected chi connectivity index (χ1v) is 10.5. The van der Waals surface area contributed by atoms with Crippen LogP contribution in [0.25, 0.3) is 0 Å². The zero-order valence-corrected chi connectivity index (χ0v) is 19.0. The van der Waals surface area contributed by atoms with Crippen molar-refractivity contribution in [1.29, 1.82) is 0 Å². The van der Waals surface area contributed by atoms with Gasteiger partial charge in [-0.2, -0.15) is 0 Å². The third-order valence-electron chi connectivity index (χ3n) is 5.09. The molecule has 0 spiro atoms. The molecule has 2 rings (SSSR count). The molecular weight excluding hydrogens is 398 g/mol. The molecule has 0 saturated heterocycles. The summed E-state index contributed by atoms with van der Waals surface area (Å²) in [5, 5.41) is 5.90. The predicted octanol–water partition coefficient (Wildman–Crippen LogP) is 5.05. The quantitative estimate of drug-likeness (QED) is 0.489. The third kappa shape index (κ3) is 8.56. The van der Waals surface area contributed by atoms with Crippen molar-refractivity contribution >= 4 is 29.9 Å². The molecule has 0 fully saturated rings. The second-order valence-electron chi connectivity index (χ2n) is 7.22. The summed E-state index contributed by atoms with van der Waals surface area (Å²) in [6.07, 6.45) is 3.07. The highest BCUT2D eigenvalue weighted by Gasteiger charge is 2.16. The van der Waals surface area contributed by atoms with E-state index in [9.17, 15) is 9.59 Å². The molecule has 0 aliphatic heterocycles. The number of nitrogens with zero attached hydrogens (tertiary/aromatic N) is 1. The number of unbranched alkanes of at least 4 members (excludes halogenated alkanes) is 1. The van der Waals surface area contributed by atoms with Crippen LogP contribution in [0.15, 0.2) is 54.6 Å². The summed E-state index contributed by atoms with van der Waals surface area (Å²) in [6.45, 7) is 9.08. The van der Waals surface area contributed by atoms with Crippen molar-refractivity contribution in [1.82, 2.24) is 10.2 Å². The van der Waals surface area contributed by atoms with Crippen LogP contribution in [-0.2, 0) is 4.79 Å². The first-order valence-electron chi connectivity index (χ1n) is 10.5. The molecule has 6 heteroatoms. The highest BCUT2D eigenvalue weighted by molar-refractivity contribution is 5.95. The predicted molar refractivity (Wildman–Crippen MR) is 126 cm³/mol. The Morgan fingerprint density at radius 2 is 1.57 bits per heavy atom. The molecule has 0 radical (unpaired) electrons. The number of anilines is 1. The SMILES string of the molecule is CCN(CC)CCCCC(NC(=O)c1ccc(NC(C)=O)cc1)c1ccccc1.Cl. The molecule has 1 unspecified atom stereocenters. The van der Waals surface area contributed by atoms with Crippen LogP contribution in [0.1, 0.15) is 62.0 Å². The minimum absolute atomic E-state index is 0. The fourth-order valence-corrected chi connectivity index (χ4v) is 3.38. The van der Waals surface area contributed by atoms with Crippen LogP contribution in [-0.4, -0.2) is 36.3 Å². The zero-order chi connectivity index (χ0) is 21.1. The van der Waals surface area contributed by atoms with Gasteiger partial charge in [0.15, 0.2) is 0 Å². The normalized spacial score (nSPS) is 11.5. The number of benzene rings is 2. The van der Waals surface area contributed by atoms with E-state index in [1.807, 2.05) is 18.2 Å². The summed E-state index contributed by atoms with van der Waals surface area (Å²) in [6, 6.07) is 17.1. The summed E-state index contributed by atoms with van der Waals surface area (Å²) in [5.41, 5.74) is 2.40. The van der Waals surface area contributed by atoms with Crippen molar-refractivity contribution in [3.8, 4) is 0 Å². The maximum atomic E-state index is 12.8. The van der Waals surface area contributed by atoms with E-state index in [1.54, 1.807) is 24.3 Å². The molecule has 5 nitrogen and oxygen atoms in total. The molecule has 0 saturated carbocycles. The Kier molecular flexibility index (Phi) is 11.8. The fraction of sp³-hybridized carbons (Fsp3) is 0.417. The Hall–Kier alpha value is -2.37. The van der Waals surface area contributed by atoms with Gasteiger partial charge in [0.2, 0.25) is 5.91 Å². The lowest BCUT2D eigenvalue weighted by Gasteiger charge is -2.21. The molecule has 2 N–H and O–H groups in total. The molecule has 2 amide bonds. The number of halogens is 1. The lowest BCUT2D eigenvalue weighted by Crippen LogP contribution is -2.29. The number of carbonyl (C=O) groups is 2. The smallest absolute Gasteiger partial charge is 0.251 e. The minimum Gasteiger partial charge on any atom is -0.345 e. The van der Waals surface area contributed by atoms with Gasteiger partial charge in [-0.15, -0.1) is 12.4 Å². The van der Waals surface area contributed by atoms with Crippen molar-refractivity contribution in [3.05, 3.63) is 65.7 Å². The second-order valence-corrected chi connectivity index (χ2v) is 7.22. The van der Waals surface area contributed by atoms with E-state index in [-0.39, 0.29) is 30.3 Å². The number of carbonyl (C=O) groups excluding carboxylic acids is 2. The Labute approximate surface area is 186 Å². The van der Waals surface area contributed by atoms with Crippen LogP contribution in [0.3, 0.4) is 0 Å². The highest BCUT2D eigenvalue weighted by atomic mass is 35.5. The number of nitrogens with one attached hydrogen (secondary N) is 2. The maximum absolute atomic E-state index is 12.8. The average Bonchev–Trinajstić information content (AvgIpc) is 2.73. The molecule has 0 heterocycles. The van der Waals surface area contributed by atoms with Gasteiger partial charge in [-0.05, 0) is 68.7 Å². The van der Waals surface area contributed by atoms with Crippen LogP contribution < -0.4 is 10.6 Å². The van der Waals surface area contributed by atoms with Crippen LogP contribution in [0.4, 0.5) is 5.69 Å². The number of rotatable bonds is 11. The van der Waals surface area contributed by atoms with E-state index in [2.05, 4.69) is 41.5 Å². The largest absolute Gasteiger partial charge is 0.345 e. The molecule has 1 atom stereocenters. The zero-order valence-electron chi connectivity index (χ0n) is 18.2. The number of hydrogen-bond acceptors (Lipinski definition) is 3. The van der Waals surface area contributed by atoms with Crippen LogP contribution in [0, 0.1) is 0 Å². The second kappa shape index (κ2) is 13.8. The summed E-state index contributed by atoms with van der Waals surface area (Å²) in [5.74, 6) is -0.229. The van der Waals surface area contributed by atoms with Gasteiger partial charge < -0.3 is 15.5 Å². The molecule has 30 heavy (non-hydrogen) atoms. The van der Waals surface area contributed by atoms with Crippen LogP contribution in [0.2, 0.25) is 0 Å². The Morgan fingerprint density at radius 1 is 0.933 bits per heavy atom. The van der Waals surface area contributed by atoms with Gasteiger partial charge in [-0.3, -0.25) is 9.59 Å². The first-order chi connectivity index (χ1) is 14.0. The molecule has 0 aliphatic rings. The summed E-state index contributed by atoms with van der Waals surface area (Å²) < 4.78 is 0. The van der Waals surface area contributed by atoms with E-state index < -0.39 is 0 Å². The molecule has 2 aromatic carbocycles. The Balaban J connectivity index is 0.00000450. The Bertz CT molecular complexity index is 762.